The van der Waals surface area contributed by atoms with Crippen molar-refractivity contribution in [3.8, 4) is 17.2 Å². The Labute approximate surface area is 112 Å². The lowest BCUT2D eigenvalue weighted by molar-refractivity contribution is 0.338. The molecule has 4 heteroatoms. The lowest BCUT2D eigenvalue weighted by Crippen LogP contribution is -2.02. The van der Waals surface area contributed by atoms with Gasteiger partial charge in [-0.05, 0) is 42.2 Å². The molecule has 2 rings (SSSR count). The van der Waals surface area contributed by atoms with Gasteiger partial charge in [-0.3, -0.25) is 0 Å². The SMILES string of the molecule is COc1cc(C2CCCCSC2)cc(OC)c1O. The molecule has 0 aromatic heterocycles. The molecule has 1 unspecified atom stereocenters. The van der Waals surface area contributed by atoms with Crippen LogP contribution in [0.5, 0.6) is 17.2 Å². The normalized spacial score (nSPS) is 20.2. The van der Waals surface area contributed by atoms with Gasteiger partial charge in [0, 0.05) is 5.75 Å². The summed E-state index contributed by atoms with van der Waals surface area (Å²) in [6.07, 6.45) is 3.76. The maximum atomic E-state index is 9.91. The second-order valence-corrected chi connectivity index (χ2v) is 5.69. The predicted octanol–water partition coefficient (Wildman–Crippen LogP) is 3.41. The van der Waals surface area contributed by atoms with E-state index in [-0.39, 0.29) is 5.75 Å². The van der Waals surface area contributed by atoms with E-state index in [9.17, 15) is 5.11 Å². The van der Waals surface area contributed by atoms with Crippen LogP contribution in [0.15, 0.2) is 12.1 Å². The first-order valence-corrected chi connectivity index (χ1v) is 7.44. The standard InChI is InChI=1S/C14H20O3S/c1-16-12-7-11(8-13(17-2)14(12)15)10-5-3-4-6-18-9-10/h7-8,10,15H,3-6,9H2,1-2H3. The topological polar surface area (TPSA) is 38.7 Å². The number of rotatable bonds is 3. The average Bonchev–Trinajstić information content (AvgIpc) is 2.68. The van der Waals surface area contributed by atoms with Crippen molar-refractivity contribution in [3.05, 3.63) is 17.7 Å². The van der Waals surface area contributed by atoms with Crippen LogP contribution in [0.1, 0.15) is 30.7 Å². The summed E-state index contributed by atoms with van der Waals surface area (Å²) < 4.78 is 10.4. The lowest BCUT2D eigenvalue weighted by atomic mass is 9.95. The maximum Gasteiger partial charge on any atom is 0.200 e. The molecule has 1 fully saturated rings. The van der Waals surface area contributed by atoms with Crippen LogP contribution in [-0.2, 0) is 0 Å². The molecular formula is C14H20O3S. The zero-order chi connectivity index (χ0) is 13.0. The zero-order valence-corrected chi connectivity index (χ0v) is 11.8. The smallest absolute Gasteiger partial charge is 0.200 e. The highest BCUT2D eigenvalue weighted by Gasteiger charge is 2.19. The summed E-state index contributed by atoms with van der Waals surface area (Å²) in [7, 11) is 3.14. The van der Waals surface area contributed by atoms with E-state index in [0.29, 0.717) is 17.4 Å². The summed E-state index contributed by atoms with van der Waals surface area (Å²) in [5, 5.41) is 9.91. The number of methoxy groups -OCH3 is 2. The molecule has 0 bridgehead atoms. The van der Waals surface area contributed by atoms with E-state index in [4.69, 9.17) is 9.47 Å². The number of hydrogen-bond acceptors (Lipinski definition) is 4. The minimum Gasteiger partial charge on any atom is -0.502 e. The van der Waals surface area contributed by atoms with Gasteiger partial charge in [0.05, 0.1) is 14.2 Å². The Hall–Kier alpha value is -1.03. The van der Waals surface area contributed by atoms with Crippen molar-refractivity contribution in [3.63, 3.8) is 0 Å². The highest BCUT2D eigenvalue weighted by atomic mass is 32.2. The van der Waals surface area contributed by atoms with E-state index in [1.807, 2.05) is 23.9 Å². The van der Waals surface area contributed by atoms with Crippen molar-refractivity contribution in [2.45, 2.75) is 25.2 Å². The number of phenolic OH excluding ortho intramolecular Hbond substituents is 1. The van der Waals surface area contributed by atoms with Gasteiger partial charge >= 0.3 is 0 Å². The second kappa shape index (κ2) is 6.23. The molecule has 1 aliphatic rings. The van der Waals surface area contributed by atoms with Crippen molar-refractivity contribution in [2.24, 2.45) is 0 Å². The van der Waals surface area contributed by atoms with Crippen molar-refractivity contribution < 1.29 is 14.6 Å². The molecule has 1 aromatic rings. The molecule has 100 valence electrons. The van der Waals surface area contributed by atoms with E-state index in [2.05, 4.69) is 0 Å². The van der Waals surface area contributed by atoms with Gasteiger partial charge in [-0.15, -0.1) is 0 Å². The van der Waals surface area contributed by atoms with Crippen molar-refractivity contribution >= 4 is 11.8 Å². The number of thioether (sulfide) groups is 1. The van der Waals surface area contributed by atoms with Gasteiger partial charge in [0.15, 0.2) is 11.5 Å². The van der Waals surface area contributed by atoms with E-state index >= 15 is 0 Å². The fraction of sp³-hybridized carbons (Fsp3) is 0.571. The number of hydrogen-bond donors (Lipinski definition) is 1. The van der Waals surface area contributed by atoms with Gasteiger partial charge in [0.2, 0.25) is 5.75 Å². The number of ether oxygens (including phenoxy) is 2. The first-order valence-electron chi connectivity index (χ1n) is 6.29. The van der Waals surface area contributed by atoms with Gasteiger partial charge in [0.1, 0.15) is 0 Å². The summed E-state index contributed by atoms with van der Waals surface area (Å²) in [6, 6.07) is 3.88. The van der Waals surface area contributed by atoms with Crippen LogP contribution < -0.4 is 9.47 Å². The van der Waals surface area contributed by atoms with Gasteiger partial charge in [0.25, 0.3) is 0 Å². The second-order valence-electron chi connectivity index (χ2n) is 4.54. The van der Waals surface area contributed by atoms with Crippen LogP contribution >= 0.6 is 11.8 Å². The molecule has 1 heterocycles. The highest BCUT2D eigenvalue weighted by Crippen LogP contribution is 2.41. The Bertz CT molecular complexity index is 373. The molecule has 1 saturated heterocycles. The van der Waals surface area contributed by atoms with Crippen molar-refractivity contribution in [1.29, 1.82) is 0 Å². The molecule has 1 atom stereocenters. The molecule has 0 spiro atoms. The van der Waals surface area contributed by atoms with Crippen LogP contribution in [0.2, 0.25) is 0 Å². The predicted molar refractivity (Wildman–Crippen MR) is 75.1 cm³/mol. The molecule has 1 aliphatic heterocycles. The van der Waals surface area contributed by atoms with Gasteiger partial charge < -0.3 is 14.6 Å². The van der Waals surface area contributed by atoms with E-state index in [1.165, 1.54) is 30.6 Å². The van der Waals surface area contributed by atoms with Crippen LogP contribution in [0, 0.1) is 0 Å². The van der Waals surface area contributed by atoms with Crippen LogP contribution in [0.25, 0.3) is 0 Å². The van der Waals surface area contributed by atoms with Gasteiger partial charge in [-0.1, -0.05) is 6.42 Å². The molecule has 0 saturated carbocycles. The Morgan fingerprint density at radius 3 is 2.44 bits per heavy atom. The fourth-order valence-corrected chi connectivity index (χ4v) is 3.53. The third-order valence-corrected chi connectivity index (χ3v) is 4.60. The molecule has 0 amide bonds. The average molecular weight is 268 g/mol. The van der Waals surface area contributed by atoms with Crippen LogP contribution in [0.4, 0.5) is 0 Å². The highest BCUT2D eigenvalue weighted by molar-refractivity contribution is 7.99. The molecule has 0 aliphatic carbocycles. The summed E-state index contributed by atoms with van der Waals surface area (Å²) >= 11 is 2.01. The Morgan fingerprint density at radius 2 is 1.83 bits per heavy atom. The molecule has 3 nitrogen and oxygen atoms in total. The third kappa shape index (κ3) is 2.86. The zero-order valence-electron chi connectivity index (χ0n) is 10.9. The number of benzene rings is 1. The number of phenols is 1. The third-order valence-electron chi connectivity index (χ3n) is 3.38. The minimum atomic E-state index is 0.0880. The first-order chi connectivity index (χ1) is 8.76. The first kappa shape index (κ1) is 13.4. The summed E-state index contributed by atoms with van der Waals surface area (Å²) in [5.74, 6) is 4.00. The van der Waals surface area contributed by atoms with E-state index in [1.54, 1.807) is 14.2 Å². The summed E-state index contributed by atoms with van der Waals surface area (Å²) in [5.41, 5.74) is 1.20. The van der Waals surface area contributed by atoms with Gasteiger partial charge in [-0.2, -0.15) is 11.8 Å². The summed E-state index contributed by atoms with van der Waals surface area (Å²) in [4.78, 5) is 0. The quantitative estimate of drug-likeness (QED) is 0.911. The molecule has 18 heavy (non-hydrogen) atoms. The monoisotopic (exact) mass is 268 g/mol. The van der Waals surface area contributed by atoms with Gasteiger partial charge in [-0.25, -0.2) is 0 Å². The molecule has 0 radical (unpaired) electrons. The lowest BCUT2D eigenvalue weighted by Gasteiger charge is -2.17. The Kier molecular flexibility index (Phi) is 4.64. The van der Waals surface area contributed by atoms with Crippen molar-refractivity contribution in [2.75, 3.05) is 25.7 Å². The van der Waals surface area contributed by atoms with Crippen molar-refractivity contribution in [1.82, 2.24) is 0 Å². The van der Waals surface area contributed by atoms with E-state index < -0.39 is 0 Å². The fourth-order valence-electron chi connectivity index (χ4n) is 2.32. The van der Waals surface area contributed by atoms with E-state index in [0.717, 1.165) is 5.75 Å². The largest absolute Gasteiger partial charge is 0.502 e. The molecule has 1 N–H and O–H groups in total. The Morgan fingerprint density at radius 1 is 1.17 bits per heavy atom. The number of aromatic hydroxyl groups is 1. The van der Waals surface area contributed by atoms with Crippen LogP contribution in [0.3, 0.4) is 0 Å². The molecular weight excluding hydrogens is 248 g/mol. The maximum absolute atomic E-state index is 9.91. The van der Waals surface area contributed by atoms with Crippen LogP contribution in [-0.4, -0.2) is 30.8 Å². The Balaban J connectivity index is 2.31. The molecule has 1 aromatic carbocycles. The minimum absolute atomic E-state index is 0.0880. The summed E-state index contributed by atoms with van der Waals surface area (Å²) in [6.45, 7) is 0.